The van der Waals surface area contributed by atoms with Gasteiger partial charge in [0.25, 0.3) is 0 Å². The van der Waals surface area contributed by atoms with Gasteiger partial charge in [0.1, 0.15) is 0 Å². The SMILES string of the molecule is Cc1cc(C(=O)COC(=O)c2ccc(N(C)C)cc2)c(C)n1C1CC1. The predicted molar refractivity (Wildman–Crippen MR) is 97.6 cm³/mol. The van der Waals surface area contributed by atoms with Gasteiger partial charge in [-0.2, -0.15) is 0 Å². The topological polar surface area (TPSA) is 51.5 Å². The quantitative estimate of drug-likeness (QED) is 0.596. The van der Waals surface area contributed by atoms with Crippen molar-refractivity contribution in [2.75, 3.05) is 25.6 Å². The van der Waals surface area contributed by atoms with E-state index < -0.39 is 5.97 Å². The molecule has 3 rings (SSSR count). The van der Waals surface area contributed by atoms with E-state index in [1.165, 1.54) is 12.8 Å². The Kier molecular flexibility index (Phi) is 4.66. The van der Waals surface area contributed by atoms with Crippen molar-refractivity contribution in [1.82, 2.24) is 4.57 Å². The molecule has 1 aromatic heterocycles. The normalized spacial score (nSPS) is 13.6. The van der Waals surface area contributed by atoms with Crippen molar-refractivity contribution in [2.24, 2.45) is 0 Å². The lowest BCUT2D eigenvalue weighted by molar-refractivity contribution is 0.0474. The molecular weight excluding hydrogens is 316 g/mol. The van der Waals surface area contributed by atoms with E-state index in [-0.39, 0.29) is 12.4 Å². The number of ketones is 1. The molecule has 0 N–H and O–H groups in total. The van der Waals surface area contributed by atoms with Crippen LogP contribution in [0, 0.1) is 13.8 Å². The lowest BCUT2D eigenvalue weighted by Gasteiger charge is -2.12. The summed E-state index contributed by atoms with van der Waals surface area (Å²) < 4.78 is 7.43. The Morgan fingerprint density at radius 2 is 1.80 bits per heavy atom. The van der Waals surface area contributed by atoms with E-state index in [9.17, 15) is 9.59 Å². The number of nitrogens with zero attached hydrogens (tertiary/aromatic N) is 2. The number of rotatable bonds is 6. The van der Waals surface area contributed by atoms with Crippen molar-refractivity contribution in [3.63, 3.8) is 0 Å². The molecule has 5 nitrogen and oxygen atoms in total. The highest BCUT2D eigenvalue weighted by molar-refractivity contribution is 6.00. The van der Waals surface area contributed by atoms with Gasteiger partial charge < -0.3 is 14.2 Å². The number of benzene rings is 1. The van der Waals surface area contributed by atoms with Crippen molar-refractivity contribution >= 4 is 17.4 Å². The van der Waals surface area contributed by atoms with Gasteiger partial charge in [0.2, 0.25) is 5.78 Å². The van der Waals surface area contributed by atoms with Crippen LogP contribution in [0.3, 0.4) is 0 Å². The summed E-state index contributed by atoms with van der Waals surface area (Å²) in [6.07, 6.45) is 2.34. The third kappa shape index (κ3) is 3.60. The van der Waals surface area contributed by atoms with Crippen molar-refractivity contribution in [2.45, 2.75) is 32.7 Å². The zero-order valence-corrected chi connectivity index (χ0v) is 15.2. The summed E-state index contributed by atoms with van der Waals surface area (Å²) in [7, 11) is 3.87. The predicted octanol–water partition coefficient (Wildman–Crippen LogP) is 3.55. The van der Waals surface area contributed by atoms with E-state index in [1.807, 2.05) is 51.0 Å². The number of ether oxygens (including phenoxy) is 1. The number of carbonyl (C=O) groups is 2. The molecule has 5 heteroatoms. The van der Waals surface area contributed by atoms with Crippen LogP contribution in [0.1, 0.15) is 51.0 Å². The monoisotopic (exact) mass is 340 g/mol. The summed E-state index contributed by atoms with van der Waals surface area (Å²) in [5.74, 6) is -0.632. The Morgan fingerprint density at radius 3 is 2.36 bits per heavy atom. The van der Waals surface area contributed by atoms with Crippen LogP contribution in [0.4, 0.5) is 5.69 Å². The van der Waals surface area contributed by atoms with Gasteiger partial charge in [0, 0.05) is 42.8 Å². The van der Waals surface area contributed by atoms with E-state index in [4.69, 9.17) is 4.74 Å². The Balaban J connectivity index is 1.64. The van der Waals surface area contributed by atoms with Crippen molar-refractivity contribution in [3.05, 3.63) is 52.8 Å². The van der Waals surface area contributed by atoms with Crippen LogP contribution in [0.5, 0.6) is 0 Å². The second-order valence-electron chi connectivity index (χ2n) is 6.83. The highest BCUT2D eigenvalue weighted by Crippen LogP contribution is 2.38. The van der Waals surface area contributed by atoms with Gasteiger partial charge in [-0.25, -0.2) is 4.79 Å². The molecule has 1 heterocycles. The Hall–Kier alpha value is -2.56. The van der Waals surface area contributed by atoms with Gasteiger partial charge in [0.05, 0.1) is 5.56 Å². The fraction of sp³-hybridized carbons (Fsp3) is 0.400. The van der Waals surface area contributed by atoms with E-state index >= 15 is 0 Å². The average Bonchev–Trinajstić information content (AvgIpc) is 3.37. The first-order valence-electron chi connectivity index (χ1n) is 8.54. The van der Waals surface area contributed by atoms with Crippen molar-refractivity contribution in [1.29, 1.82) is 0 Å². The maximum absolute atomic E-state index is 12.5. The molecule has 25 heavy (non-hydrogen) atoms. The molecule has 132 valence electrons. The number of Topliss-reactive ketones (excluding diaryl/α,β-unsaturated/α-hetero) is 1. The Labute approximate surface area is 148 Å². The molecule has 0 radical (unpaired) electrons. The molecule has 0 unspecified atom stereocenters. The molecule has 2 aromatic rings. The van der Waals surface area contributed by atoms with Crippen LogP contribution in [0.25, 0.3) is 0 Å². The minimum absolute atomic E-state index is 0.154. The minimum atomic E-state index is -0.477. The zero-order chi connectivity index (χ0) is 18.1. The maximum Gasteiger partial charge on any atom is 0.338 e. The van der Waals surface area contributed by atoms with Crippen molar-refractivity contribution < 1.29 is 14.3 Å². The molecule has 0 atom stereocenters. The van der Waals surface area contributed by atoms with Gasteiger partial charge in [-0.3, -0.25) is 4.79 Å². The number of carbonyl (C=O) groups excluding carboxylic acids is 2. The molecule has 1 aliphatic rings. The number of hydrogen-bond acceptors (Lipinski definition) is 4. The van der Waals surface area contributed by atoms with Crippen LogP contribution in [-0.4, -0.2) is 37.0 Å². The molecule has 0 saturated heterocycles. The number of esters is 1. The first-order chi connectivity index (χ1) is 11.9. The lowest BCUT2D eigenvalue weighted by Crippen LogP contribution is -2.15. The molecule has 0 bridgehead atoms. The molecular formula is C20H24N2O3. The summed E-state index contributed by atoms with van der Waals surface area (Å²) in [6, 6.07) is 9.54. The lowest BCUT2D eigenvalue weighted by atomic mass is 10.1. The second-order valence-corrected chi connectivity index (χ2v) is 6.83. The molecule has 1 aliphatic carbocycles. The highest BCUT2D eigenvalue weighted by atomic mass is 16.5. The summed E-state index contributed by atoms with van der Waals surface area (Å²) >= 11 is 0. The molecule has 1 fully saturated rings. The third-order valence-corrected chi connectivity index (χ3v) is 4.65. The van der Waals surface area contributed by atoms with Crippen LogP contribution < -0.4 is 4.90 Å². The summed E-state index contributed by atoms with van der Waals surface area (Å²) in [5, 5.41) is 0. The first-order valence-corrected chi connectivity index (χ1v) is 8.54. The fourth-order valence-electron chi connectivity index (χ4n) is 3.14. The summed E-state index contributed by atoms with van der Waals surface area (Å²) in [5.41, 5.74) is 4.16. The third-order valence-electron chi connectivity index (χ3n) is 4.65. The summed E-state index contributed by atoms with van der Waals surface area (Å²) in [6.45, 7) is 3.74. The van der Waals surface area contributed by atoms with E-state index in [0.29, 0.717) is 17.2 Å². The summed E-state index contributed by atoms with van der Waals surface area (Å²) in [4.78, 5) is 26.6. The van der Waals surface area contributed by atoms with Gasteiger partial charge in [-0.05, 0) is 57.0 Å². The maximum atomic E-state index is 12.5. The Morgan fingerprint density at radius 1 is 1.16 bits per heavy atom. The highest BCUT2D eigenvalue weighted by Gasteiger charge is 2.28. The largest absolute Gasteiger partial charge is 0.454 e. The van der Waals surface area contributed by atoms with Gasteiger partial charge in [-0.1, -0.05) is 0 Å². The zero-order valence-electron chi connectivity index (χ0n) is 15.2. The average molecular weight is 340 g/mol. The van der Waals surface area contributed by atoms with Crippen molar-refractivity contribution in [3.8, 4) is 0 Å². The second kappa shape index (κ2) is 6.75. The van der Waals surface area contributed by atoms with Crippen LogP contribution in [0.15, 0.2) is 30.3 Å². The molecule has 1 saturated carbocycles. The van der Waals surface area contributed by atoms with Gasteiger partial charge in [-0.15, -0.1) is 0 Å². The molecule has 0 aliphatic heterocycles. The fourth-order valence-corrected chi connectivity index (χ4v) is 3.14. The molecule has 1 aromatic carbocycles. The number of anilines is 1. The van der Waals surface area contributed by atoms with E-state index in [0.717, 1.165) is 17.1 Å². The van der Waals surface area contributed by atoms with E-state index in [1.54, 1.807) is 12.1 Å². The van der Waals surface area contributed by atoms with Gasteiger partial charge in [0.15, 0.2) is 6.61 Å². The van der Waals surface area contributed by atoms with Crippen LogP contribution in [0.2, 0.25) is 0 Å². The van der Waals surface area contributed by atoms with Gasteiger partial charge >= 0.3 is 5.97 Å². The van der Waals surface area contributed by atoms with Crippen LogP contribution >= 0.6 is 0 Å². The number of hydrogen-bond donors (Lipinski definition) is 0. The Bertz CT molecular complexity index is 799. The molecule has 0 amide bonds. The van der Waals surface area contributed by atoms with Crippen LogP contribution in [-0.2, 0) is 4.74 Å². The smallest absolute Gasteiger partial charge is 0.338 e. The number of aromatic nitrogens is 1. The minimum Gasteiger partial charge on any atom is -0.454 e. The number of aryl methyl sites for hydroxylation is 1. The molecule has 0 spiro atoms. The standard InChI is InChI=1S/C20H24N2O3/c1-13-11-18(14(2)22(13)17-9-10-17)19(23)12-25-20(24)15-5-7-16(8-6-15)21(3)4/h5-8,11,17H,9-10,12H2,1-4H3. The first kappa shape index (κ1) is 17.3. The van der Waals surface area contributed by atoms with E-state index in [2.05, 4.69) is 4.57 Å².